The van der Waals surface area contributed by atoms with Crippen LogP contribution in [0.25, 0.3) is 0 Å². The topological polar surface area (TPSA) is 89.6 Å². The number of rotatable bonds is 7. The second-order valence-electron chi connectivity index (χ2n) is 5.84. The van der Waals surface area contributed by atoms with Crippen LogP contribution >= 0.6 is 22.9 Å². The van der Waals surface area contributed by atoms with E-state index in [0.29, 0.717) is 39.5 Å². The normalized spacial score (nSPS) is 10.9. The molecule has 8 heteroatoms. The van der Waals surface area contributed by atoms with Gasteiger partial charge in [-0.2, -0.15) is 5.10 Å². The molecule has 1 aromatic heterocycles. The van der Waals surface area contributed by atoms with Crippen LogP contribution in [-0.4, -0.2) is 17.1 Å². The number of hydrazone groups is 1. The van der Waals surface area contributed by atoms with Crippen LogP contribution in [0.4, 0.5) is 5.13 Å². The van der Waals surface area contributed by atoms with Gasteiger partial charge in [-0.15, -0.1) is 0 Å². The number of amides is 1. The molecule has 0 aliphatic heterocycles. The van der Waals surface area contributed by atoms with Gasteiger partial charge in [-0.05, 0) is 36.2 Å². The number of thiazole rings is 1. The number of nitrogens with zero attached hydrogens (tertiary/aromatic N) is 2. The van der Waals surface area contributed by atoms with Crippen molar-refractivity contribution in [2.75, 3.05) is 5.73 Å². The van der Waals surface area contributed by atoms with Crippen LogP contribution in [0.5, 0.6) is 5.75 Å². The molecular formula is C20H19ClN4O2S. The lowest BCUT2D eigenvalue weighted by Crippen LogP contribution is -2.17. The van der Waals surface area contributed by atoms with E-state index in [1.165, 1.54) is 0 Å². The molecule has 144 valence electrons. The van der Waals surface area contributed by atoms with Crippen LogP contribution in [-0.2, 0) is 13.0 Å². The standard InChI is InChI=1S/C20H19ClN4O2S/c1-2-16-18(28-20(22)24-16)19(26)25-23-11-14-7-3-4-9-17(14)27-12-13-6-5-8-15(21)10-13/h3-11H,2,12H2,1H3,(H2,22,24)(H,25,26)/b23-11+. The molecule has 3 N–H and O–H groups in total. The minimum atomic E-state index is -0.334. The summed E-state index contributed by atoms with van der Waals surface area (Å²) in [5.41, 5.74) is 10.6. The van der Waals surface area contributed by atoms with Crippen molar-refractivity contribution in [3.05, 3.63) is 75.3 Å². The molecule has 0 fully saturated rings. The van der Waals surface area contributed by atoms with Crippen molar-refractivity contribution in [2.24, 2.45) is 5.10 Å². The lowest BCUT2D eigenvalue weighted by molar-refractivity contribution is 0.0958. The number of anilines is 1. The van der Waals surface area contributed by atoms with Gasteiger partial charge in [0, 0.05) is 10.6 Å². The van der Waals surface area contributed by atoms with Gasteiger partial charge in [0.05, 0.1) is 11.9 Å². The minimum absolute atomic E-state index is 0.334. The molecule has 28 heavy (non-hydrogen) atoms. The van der Waals surface area contributed by atoms with Gasteiger partial charge in [0.2, 0.25) is 0 Å². The number of hydrogen-bond donors (Lipinski definition) is 2. The van der Waals surface area contributed by atoms with E-state index in [-0.39, 0.29) is 5.91 Å². The summed E-state index contributed by atoms with van der Waals surface area (Å²) in [7, 11) is 0. The van der Waals surface area contributed by atoms with E-state index in [0.717, 1.165) is 22.5 Å². The molecule has 0 saturated carbocycles. The number of hydrogen-bond acceptors (Lipinski definition) is 6. The molecule has 3 rings (SSSR count). The maximum atomic E-state index is 12.3. The summed E-state index contributed by atoms with van der Waals surface area (Å²) in [6.07, 6.45) is 2.17. The summed E-state index contributed by atoms with van der Waals surface area (Å²) in [6, 6.07) is 14.9. The Hall–Kier alpha value is -2.90. The number of halogens is 1. The lowest BCUT2D eigenvalue weighted by atomic mass is 10.2. The summed E-state index contributed by atoms with van der Waals surface area (Å²) in [5, 5.41) is 5.07. The highest BCUT2D eigenvalue weighted by atomic mass is 35.5. The maximum absolute atomic E-state index is 12.3. The molecule has 2 aromatic carbocycles. The van der Waals surface area contributed by atoms with E-state index in [2.05, 4.69) is 15.5 Å². The number of ether oxygens (including phenoxy) is 1. The van der Waals surface area contributed by atoms with Gasteiger partial charge in [0.15, 0.2) is 5.13 Å². The Labute approximate surface area is 172 Å². The number of carbonyl (C=O) groups is 1. The SMILES string of the molecule is CCc1nc(N)sc1C(=O)N/N=C/c1ccccc1OCc1cccc(Cl)c1. The number of carbonyl (C=O) groups excluding carboxylic acids is 1. The largest absolute Gasteiger partial charge is 0.488 e. The van der Waals surface area contributed by atoms with Crippen LogP contribution in [0.2, 0.25) is 5.02 Å². The van der Waals surface area contributed by atoms with Crippen molar-refractivity contribution in [3.63, 3.8) is 0 Å². The predicted octanol–water partition coefficient (Wildman–Crippen LogP) is 4.28. The van der Waals surface area contributed by atoms with E-state index < -0.39 is 0 Å². The van der Waals surface area contributed by atoms with Crippen LogP contribution in [0.3, 0.4) is 0 Å². The first-order valence-electron chi connectivity index (χ1n) is 8.61. The van der Waals surface area contributed by atoms with E-state index in [1.54, 1.807) is 6.21 Å². The molecule has 0 unspecified atom stereocenters. The molecule has 0 bridgehead atoms. The van der Waals surface area contributed by atoms with Gasteiger partial charge >= 0.3 is 0 Å². The molecule has 3 aromatic rings. The first-order chi connectivity index (χ1) is 13.6. The molecule has 0 radical (unpaired) electrons. The average Bonchev–Trinajstić information content (AvgIpc) is 3.08. The predicted molar refractivity (Wildman–Crippen MR) is 113 cm³/mol. The number of aromatic nitrogens is 1. The van der Waals surface area contributed by atoms with Gasteiger partial charge in [-0.3, -0.25) is 4.79 Å². The van der Waals surface area contributed by atoms with Crippen molar-refractivity contribution >= 4 is 40.2 Å². The summed E-state index contributed by atoms with van der Waals surface area (Å²) in [4.78, 5) is 16.9. The monoisotopic (exact) mass is 414 g/mol. The zero-order valence-corrected chi connectivity index (χ0v) is 16.8. The first kappa shape index (κ1) is 19.9. The zero-order chi connectivity index (χ0) is 19.9. The van der Waals surface area contributed by atoms with E-state index >= 15 is 0 Å². The van der Waals surface area contributed by atoms with E-state index in [4.69, 9.17) is 22.1 Å². The maximum Gasteiger partial charge on any atom is 0.283 e. The molecule has 0 spiro atoms. The second kappa shape index (κ2) is 9.34. The van der Waals surface area contributed by atoms with Gasteiger partial charge in [0.25, 0.3) is 5.91 Å². The Kier molecular flexibility index (Phi) is 6.62. The van der Waals surface area contributed by atoms with Crippen LogP contribution in [0, 0.1) is 0 Å². The summed E-state index contributed by atoms with van der Waals surface area (Å²) < 4.78 is 5.87. The number of para-hydroxylation sites is 1. The highest BCUT2D eigenvalue weighted by molar-refractivity contribution is 7.17. The van der Waals surface area contributed by atoms with E-state index in [1.807, 2.05) is 55.5 Å². The Balaban J connectivity index is 1.66. The number of nitrogens with two attached hydrogens (primary N) is 1. The minimum Gasteiger partial charge on any atom is -0.488 e. The third kappa shape index (κ3) is 5.09. The Morgan fingerprint density at radius 1 is 1.32 bits per heavy atom. The Morgan fingerprint density at radius 2 is 2.14 bits per heavy atom. The van der Waals surface area contributed by atoms with E-state index in [9.17, 15) is 4.79 Å². The van der Waals surface area contributed by atoms with Crippen LogP contribution < -0.4 is 15.9 Å². The number of benzene rings is 2. The Morgan fingerprint density at radius 3 is 2.93 bits per heavy atom. The molecule has 6 nitrogen and oxygen atoms in total. The van der Waals surface area contributed by atoms with Gasteiger partial charge in [-0.25, -0.2) is 10.4 Å². The fourth-order valence-electron chi connectivity index (χ4n) is 2.50. The van der Waals surface area contributed by atoms with Gasteiger partial charge < -0.3 is 10.5 Å². The molecule has 0 aliphatic rings. The zero-order valence-electron chi connectivity index (χ0n) is 15.2. The summed E-state index contributed by atoms with van der Waals surface area (Å²) >= 11 is 7.15. The second-order valence-corrected chi connectivity index (χ2v) is 7.30. The average molecular weight is 415 g/mol. The molecule has 0 aliphatic carbocycles. The van der Waals surface area contributed by atoms with Gasteiger partial charge in [0.1, 0.15) is 17.2 Å². The third-order valence-electron chi connectivity index (χ3n) is 3.83. The first-order valence-corrected chi connectivity index (χ1v) is 9.81. The molecule has 0 atom stereocenters. The Bertz CT molecular complexity index is 1000. The van der Waals surface area contributed by atoms with Gasteiger partial charge in [-0.1, -0.05) is 54.1 Å². The van der Waals surface area contributed by atoms with Crippen molar-refractivity contribution in [3.8, 4) is 5.75 Å². The quantitative estimate of drug-likeness (QED) is 0.446. The molecule has 1 amide bonds. The van der Waals surface area contributed by atoms with Crippen molar-refractivity contribution in [2.45, 2.75) is 20.0 Å². The fourth-order valence-corrected chi connectivity index (χ4v) is 3.53. The summed E-state index contributed by atoms with van der Waals surface area (Å²) in [5.74, 6) is 0.316. The third-order valence-corrected chi connectivity index (χ3v) is 4.99. The molecule has 0 saturated heterocycles. The molecule has 1 heterocycles. The highest BCUT2D eigenvalue weighted by Gasteiger charge is 2.15. The summed E-state index contributed by atoms with van der Waals surface area (Å²) in [6.45, 7) is 2.29. The fraction of sp³-hybridized carbons (Fsp3) is 0.150. The number of aryl methyl sites for hydroxylation is 1. The lowest BCUT2D eigenvalue weighted by Gasteiger charge is -2.09. The molecular weight excluding hydrogens is 396 g/mol. The van der Waals surface area contributed by atoms with Crippen LogP contribution in [0.1, 0.15) is 33.4 Å². The van der Waals surface area contributed by atoms with Crippen LogP contribution in [0.15, 0.2) is 53.6 Å². The number of nitrogens with one attached hydrogen (secondary N) is 1. The number of nitrogen functional groups attached to an aromatic ring is 1. The smallest absolute Gasteiger partial charge is 0.283 e. The van der Waals surface area contributed by atoms with Crippen molar-refractivity contribution in [1.29, 1.82) is 0 Å². The van der Waals surface area contributed by atoms with Crippen molar-refractivity contribution < 1.29 is 9.53 Å². The van der Waals surface area contributed by atoms with Crippen molar-refractivity contribution in [1.82, 2.24) is 10.4 Å². The highest BCUT2D eigenvalue weighted by Crippen LogP contribution is 2.21.